The van der Waals surface area contributed by atoms with Crippen LogP contribution < -0.4 is 5.43 Å². The maximum atomic E-state index is 11.5. The van der Waals surface area contributed by atoms with Gasteiger partial charge in [-0.05, 0) is 20.8 Å². The van der Waals surface area contributed by atoms with Crippen molar-refractivity contribution in [2.45, 2.75) is 20.8 Å². The van der Waals surface area contributed by atoms with E-state index in [1.54, 1.807) is 20.8 Å². The number of aromatic nitrogens is 2. The van der Waals surface area contributed by atoms with Crippen LogP contribution in [0.15, 0.2) is 4.79 Å². The van der Waals surface area contributed by atoms with Gasteiger partial charge in [-0.2, -0.15) is 5.10 Å². The zero-order valence-corrected chi connectivity index (χ0v) is 8.38. The molecule has 1 N–H and O–H groups in total. The van der Waals surface area contributed by atoms with Crippen LogP contribution in [0.25, 0.3) is 0 Å². The molecule has 5 nitrogen and oxygen atoms in total. The monoisotopic (exact) mass is 196 g/mol. The normalized spacial score (nSPS) is 9.93. The largest absolute Gasteiger partial charge is 0.462 e. The van der Waals surface area contributed by atoms with Crippen molar-refractivity contribution in [1.82, 2.24) is 10.2 Å². The van der Waals surface area contributed by atoms with Crippen molar-refractivity contribution >= 4 is 5.97 Å². The van der Waals surface area contributed by atoms with Gasteiger partial charge < -0.3 is 4.74 Å². The summed E-state index contributed by atoms with van der Waals surface area (Å²) in [6.07, 6.45) is 0. The Morgan fingerprint density at radius 3 is 2.71 bits per heavy atom. The van der Waals surface area contributed by atoms with Gasteiger partial charge in [-0.15, -0.1) is 0 Å². The number of esters is 1. The third kappa shape index (κ3) is 1.81. The molecule has 5 heteroatoms. The molecule has 0 aliphatic carbocycles. The highest BCUT2D eigenvalue weighted by Gasteiger charge is 2.16. The molecule has 0 spiro atoms. The molecule has 0 aliphatic heterocycles. The fourth-order valence-corrected chi connectivity index (χ4v) is 1.07. The van der Waals surface area contributed by atoms with Gasteiger partial charge in [-0.25, -0.2) is 4.79 Å². The second kappa shape index (κ2) is 4.04. The Morgan fingerprint density at radius 1 is 1.50 bits per heavy atom. The lowest BCUT2D eigenvalue weighted by molar-refractivity contribution is 0.0523. The van der Waals surface area contributed by atoms with Crippen LogP contribution in [-0.4, -0.2) is 22.8 Å². The fourth-order valence-electron chi connectivity index (χ4n) is 1.07. The maximum Gasteiger partial charge on any atom is 0.344 e. The highest BCUT2D eigenvalue weighted by molar-refractivity contribution is 5.90. The molecule has 0 unspecified atom stereocenters. The minimum atomic E-state index is -0.600. The molecule has 0 amide bonds. The van der Waals surface area contributed by atoms with E-state index in [9.17, 15) is 9.59 Å². The maximum absolute atomic E-state index is 11.5. The first-order chi connectivity index (χ1) is 6.57. The Kier molecular flexibility index (Phi) is 3.01. The Balaban J connectivity index is 3.26. The van der Waals surface area contributed by atoms with Crippen molar-refractivity contribution in [3.05, 3.63) is 27.2 Å². The van der Waals surface area contributed by atoms with Gasteiger partial charge in [-0.1, -0.05) is 0 Å². The summed E-state index contributed by atoms with van der Waals surface area (Å²) in [6, 6.07) is 0. The van der Waals surface area contributed by atoms with Crippen molar-refractivity contribution in [2.75, 3.05) is 6.61 Å². The molecule has 0 saturated heterocycles. The molecule has 76 valence electrons. The first kappa shape index (κ1) is 10.4. The minimum absolute atomic E-state index is 0.0411. The fraction of sp³-hybridized carbons (Fsp3) is 0.444. The van der Waals surface area contributed by atoms with E-state index in [0.717, 1.165) is 0 Å². The molecule has 1 rings (SSSR count). The third-order valence-electron chi connectivity index (χ3n) is 1.80. The van der Waals surface area contributed by atoms with Crippen LogP contribution in [0.2, 0.25) is 0 Å². The number of aromatic amines is 1. The van der Waals surface area contributed by atoms with Crippen LogP contribution in [-0.2, 0) is 4.74 Å². The summed E-state index contributed by atoms with van der Waals surface area (Å²) >= 11 is 0. The topological polar surface area (TPSA) is 72.1 Å². The average Bonchev–Trinajstić information content (AvgIpc) is 2.13. The number of carbonyl (C=O) groups excluding carboxylic acids is 1. The number of hydrogen-bond acceptors (Lipinski definition) is 4. The van der Waals surface area contributed by atoms with Crippen LogP contribution in [0.5, 0.6) is 0 Å². The van der Waals surface area contributed by atoms with Crippen molar-refractivity contribution in [1.29, 1.82) is 0 Å². The standard InChI is InChI=1S/C9H12N2O3/c1-4-14-9(13)7-5(2)10-11-6(3)8(7)12/h4H2,1-3H3,(H,10,12). The quantitative estimate of drug-likeness (QED) is 0.701. The van der Waals surface area contributed by atoms with E-state index in [0.29, 0.717) is 5.69 Å². The van der Waals surface area contributed by atoms with Crippen LogP contribution in [0.3, 0.4) is 0 Å². The number of ether oxygens (including phenoxy) is 1. The summed E-state index contributed by atoms with van der Waals surface area (Å²) in [5, 5.41) is 6.33. The number of hydrogen-bond donors (Lipinski definition) is 1. The molecule has 0 aliphatic rings. The molecule has 0 bridgehead atoms. The molecule has 0 atom stereocenters. The molecule has 0 saturated carbocycles. The van der Waals surface area contributed by atoms with E-state index in [-0.39, 0.29) is 23.3 Å². The van der Waals surface area contributed by atoms with Crippen molar-refractivity contribution < 1.29 is 9.53 Å². The lowest BCUT2D eigenvalue weighted by Crippen LogP contribution is -2.23. The van der Waals surface area contributed by atoms with Crippen LogP contribution in [0.4, 0.5) is 0 Å². The van der Waals surface area contributed by atoms with Gasteiger partial charge in [-0.3, -0.25) is 9.89 Å². The van der Waals surface area contributed by atoms with Crippen molar-refractivity contribution in [3.8, 4) is 0 Å². The van der Waals surface area contributed by atoms with Gasteiger partial charge in [0.1, 0.15) is 11.3 Å². The number of H-pyrrole nitrogens is 1. The number of nitrogens with zero attached hydrogens (tertiary/aromatic N) is 1. The van der Waals surface area contributed by atoms with E-state index in [1.807, 2.05) is 0 Å². The SMILES string of the molecule is CCOC(=O)c1c(C)[nH]nc(C)c1=O. The molecule has 1 aromatic rings. The minimum Gasteiger partial charge on any atom is -0.462 e. The zero-order chi connectivity index (χ0) is 10.7. The van der Waals surface area contributed by atoms with E-state index in [4.69, 9.17) is 4.74 Å². The predicted molar refractivity (Wildman–Crippen MR) is 50.3 cm³/mol. The van der Waals surface area contributed by atoms with Crippen LogP contribution in [0, 0.1) is 13.8 Å². The molecule has 14 heavy (non-hydrogen) atoms. The second-order valence-corrected chi connectivity index (χ2v) is 2.86. The first-order valence-corrected chi connectivity index (χ1v) is 4.31. The van der Waals surface area contributed by atoms with Gasteiger partial charge in [0.25, 0.3) is 0 Å². The summed E-state index contributed by atoms with van der Waals surface area (Å²) in [6.45, 7) is 5.09. The lowest BCUT2D eigenvalue weighted by atomic mass is 10.2. The molecule has 0 aromatic carbocycles. The van der Waals surface area contributed by atoms with Crippen molar-refractivity contribution in [3.63, 3.8) is 0 Å². The highest BCUT2D eigenvalue weighted by atomic mass is 16.5. The highest BCUT2D eigenvalue weighted by Crippen LogP contribution is 2.00. The number of nitrogens with one attached hydrogen (secondary N) is 1. The third-order valence-corrected chi connectivity index (χ3v) is 1.80. The number of carbonyl (C=O) groups is 1. The predicted octanol–water partition coefficient (Wildman–Crippen LogP) is 0.563. The molecule has 0 radical (unpaired) electrons. The van der Waals surface area contributed by atoms with Gasteiger partial charge in [0.2, 0.25) is 5.43 Å². The van der Waals surface area contributed by atoms with Gasteiger partial charge >= 0.3 is 5.97 Å². The second-order valence-electron chi connectivity index (χ2n) is 2.86. The van der Waals surface area contributed by atoms with Crippen LogP contribution in [0.1, 0.15) is 28.7 Å². The Bertz CT molecular complexity index is 409. The summed E-state index contributed by atoms with van der Waals surface area (Å²) in [5.74, 6) is -0.600. The number of rotatable bonds is 2. The zero-order valence-electron chi connectivity index (χ0n) is 8.38. The summed E-state index contributed by atoms with van der Waals surface area (Å²) in [7, 11) is 0. The summed E-state index contributed by atoms with van der Waals surface area (Å²) in [4.78, 5) is 22.9. The lowest BCUT2D eigenvalue weighted by Gasteiger charge is -2.04. The van der Waals surface area contributed by atoms with E-state index in [2.05, 4.69) is 10.2 Å². The molecule has 1 aromatic heterocycles. The Hall–Kier alpha value is -1.65. The molecular weight excluding hydrogens is 184 g/mol. The van der Waals surface area contributed by atoms with E-state index < -0.39 is 5.97 Å². The van der Waals surface area contributed by atoms with Gasteiger partial charge in [0.05, 0.1) is 6.61 Å². The van der Waals surface area contributed by atoms with Crippen LogP contribution >= 0.6 is 0 Å². The van der Waals surface area contributed by atoms with Gasteiger partial charge in [0, 0.05) is 5.69 Å². The average molecular weight is 196 g/mol. The Morgan fingerprint density at radius 2 is 2.14 bits per heavy atom. The molecule has 1 heterocycles. The molecular formula is C9H12N2O3. The van der Waals surface area contributed by atoms with E-state index >= 15 is 0 Å². The van der Waals surface area contributed by atoms with Crippen molar-refractivity contribution in [2.24, 2.45) is 0 Å². The first-order valence-electron chi connectivity index (χ1n) is 4.31. The summed E-state index contributed by atoms with van der Waals surface area (Å²) in [5.41, 5.74) is 0.358. The smallest absolute Gasteiger partial charge is 0.344 e. The van der Waals surface area contributed by atoms with E-state index in [1.165, 1.54) is 0 Å². The number of aryl methyl sites for hydroxylation is 2. The Labute approximate surface area is 81.1 Å². The molecule has 0 fully saturated rings. The summed E-state index contributed by atoms with van der Waals surface area (Å²) < 4.78 is 4.76. The van der Waals surface area contributed by atoms with Gasteiger partial charge in [0.15, 0.2) is 0 Å².